The summed E-state index contributed by atoms with van der Waals surface area (Å²) in [5, 5.41) is 4.15. The van der Waals surface area contributed by atoms with Gasteiger partial charge in [0.2, 0.25) is 0 Å². The summed E-state index contributed by atoms with van der Waals surface area (Å²) in [5.41, 5.74) is 1.11. The highest BCUT2D eigenvalue weighted by Gasteiger charge is 2.08. The third-order valence-corrected chi connectivity index (χ3v) is 3.96. The van der Waals surface area contributed by atoms with E-state index in [-0.39, 0.29) is 0 Å². The van der Waals surface area contributed by atoms with Gasteiger partial charge in [-0.1, -0.05) is 11.6 Å². The third kappa shape index (κ3) is 5.31. The second-order valence-corrected chi connectivity index (χ2v) is 5.85. The average molecular weight is 297 g/mol. The molecule has 20 heavy (non-hydrogen) atoms. The number of ether oxygens (including phenoxy) is 1. The van der Waals surface area contributed by atoms with Crippen LogP contribution in [0.1, 0.15) is 24.8 Å². The molecule has 0 radical (unpaired) electrons. The number of nitrogens with zero attached hydrogens (tertiary/aromatic N) is 1. The molecule has 1 N–H and O–H groups in total. The van der Waals surface area contributed by atoms with Crippen molar-refractivity contribution in [1.82, 2.24) is 10.2 Å². The Balaban J connectivity index is 1.55. The van der Waals surface area contributed by atoms with Crippen LogP contribution < -0.4 is 10.1 Å². The third-order valence-electron chi connectivity index (χ3n) is 3.72. The number of aryl methyl sites for hydroxylation is 1. The molecule has 0 unspecified atom stereocenters. The van der Waals surface area contributed by atoms with E-state index in [0.717, 1.165) is 42.5 Å². The lowest BCUT2D eigenvalue weighted by molar-refractivity contribution is 0.232. The van der Waals surface area contributed by atoms with E-state index in [4.69, 9.17) is 16.3 Å². The van der Waals surface area contributed by atoms with Gasteiger partial charge in [-0.2, -0.15) is 0 Å². The lowest BCUT2D eigenvalue weighted by Gasteiger charge is -2.27. The van der Waals surface area contributed by atoms with Crippen molar-refractivity contribution in [3.63, 3.8) is 0 Å². The molecule has 1 aliphatic rings. The number of unbranched alkanes of at least 4 members (excludes halogenated alkanes) is 2. The van der Waals surface area contributed by atoms with Crippen molar-refractivity contribution >= 4 is 11.6 Å². The van der Waals surface area contributed by atoms with E-state index >= 15 is 0 Å². The molecule has 1 heterocycles. The van der Waals surface area contributed by atoms with Crippen molar-refractivity contribution in [2.45, 2.75) is 26.2 Å². The molecule has 0 saturated carbocycles. The molecule has 0 atom stereocenters. The summed E-state index contributed by atoms with van der Waals surface area (Å²) in [6, 6.07) is 5.79. The highest BCUT2D eigenvalue weighted by atomic mass is 35.5. The van der Waals surface area contributed by atoms with Gasteiger partial charge in [0.1, 0.15) is 5.75 Å². The quantitative estimate of drug-likeness (QED) is 0.783. The normalized spacial score (nSPS) is 16.3. The number of rotatable bonds is 7. The zero-order valence-corrected chi connectivity index (χ0v) is 13.1. The zero-order chi connectivity index (χ0) is 14.2. The molecular weight excluding hydrogens is 272 g/mol. The van der Waals surface area contributed by atoms with Crippen LogP contribution in [0.5, 0.6) is 5.75 Å². The molecule has 112 valence electrons. The first-order chi connectivity index (χ1) is 9.75. The fourth-order valence-electron chi connectivity index (χ4n) is 2.51. The van der Waals surface area contributed by atoms with Crippen LogP contribution in [-0.2, 0) is 0 Å². The molecule has 0 aliphatic carbocycles. The van der Waals surface area contributed by atoms with Crippen LogP contribution in [0.3, 0.4) is 0 Å². The second-order valence-electron chi connectivity index (χ2n) is 5.41. The summed E-state index contributed by atoms with van der Waals surface area (Å²) in [7, 11) is 0. The van der Waals surface area contributed by atoms with Gasteiger partial charge in [0, 0.05) is 31.2 Å². The molecule has 0 aromatic heterocycles. The van der Waals surface area contributed by atoms with Crippen molar-refractivity contribution in [3.8, 4) is 5.75 Å². The summed E-state index contributed by atoms with van der Waals surface area (Å²) < 4.78 is 5.80. The van der Waals surface area contributed by atoms with Crippen LogP contribution >= 0.6 is 11.6 Å². The molecule has 4 heteroatoms. The van der Waals surface area contributed by atoms with Gasteiger partial charge < -0.3 is 15.0 Å². The van der Waals surface area contributed by atoms with Gasteiger partial charge >= 0.3 is 0 Å². The minimum absolute atomic E-state index is 0.769. The van der Waals surface area contributed by atoms with Crippen molar-refractivity contribution in [2.75, 3.05) is 39.3 Å². The number of hydrogen-bond donors (Lipinski definition) is 1. The smallest absolute Gasteiger partial charge is 0.122 e. The Morgan fingerprint density at radius 1 is 1.20 bits per heavy atom. The van der Waals surface area contributed by atoms with Crippen LogP contribution in [0.25, 0.3) is 0 Å². The van der Waals surface area contributed by atoms with Gasteiger partial charge in [0.15, 0.2) is 0 Å². The van der Waals surface area contributed by atoms with Gasteiger partial charge in [-0.05, 0) is 56.5 Å². The molecule has 0 bridgehead atoms. The molecule has 0 spiro atoms. The Morgan fingerprint density at radius 3 is 2.75 bits per heavy atom. The Kier molecular flexibility index (Phi) is 6.64. The van der Waals surface area contributed by atoms with E-state index in [1.54, 1.807) is 0 Å². The minimum atomic E-state index is 0.769. The second kappa shape index (κ2) is 8.50. The molecule has 3 nitrogen and oxygen atoms in total. The number of hydrogen-bond acceptors (Lipinski definition) is 3. The van der Waals surface area contributed by atoms with Gasteiger partial charge in [-0.25, -0.2) is 0 Å². The van der Waals surface area contributed by atoms with Gasteiger partial charge in [-0.15, -0.1) is 0 Å². The predicted octanol–water partition coefficient (Wildman–Crippen LogP) is 3.10. The SMILES string of the molecule is Cc1cc(Cl)ccc1OCCCCCN1CCNCC1. The van der Waals surface area contributed by atoms with Crippen LogP contribution in [-0.4, -0.2) is 44.2 Å². The molecule has 1 saturated heterocycles. The highest BCUT2D eigenvalue weighted by Crippen LogP contribution is 2.21. The van der Waals surface area contributed by atoms with E-state index in [1.165, 1.54) is 32.5 Å². The van der Waals surface area contributed by atoms with Crippen molar-refractivity contribution in [3.05, 3.63) is 28.8 Å². The fraction of sp³-hybridized carbons (Fsp3) is 0.625. The summed E-state index contributed by atoms with van der Waals surface area (Å²) in [5.74, 6) is 0.955. The Labute approximate surface area is 127 Å². The largest absolute Gasteiger partial charge is 0.493 e. The monoisotopic (exact) mass is 296 g/mol. The maximum atomic E-state index is 5.93. The number of halogens is 1. The van der Waals surface area contributed by atoms with Crippen LogP contribution in [0.2, 0.25) is 5.02 Å². The average Bonchev–Trinajstić information content (AvgIpc) is 2.46. The van der Waals surface area contributed by atoms with Crippen molar-refractivity contribution in [1.29, 1.82) is 0 Å². The fourth-order valence-corrected chi connectivity index (χ4v) is 2.73. The van der Waals surface area contributed by atoms with Crippen LogP contribution in [0.15, 0.2) is 18.2 Å². The topological polar surface area (TPSA) is 24.5 Å². The number of nitrogens with one attached hydrogen (secondary N) is 1. The molecule has 2 rings (SSSR count). The van der Waals surface area contributed by atoms with Crippen molar-refractivity contribution < 1.29 is 4.74 Å². The maximum absolute atomic E-state index is 5.93. The standard InChI is InChI=1S/C16H25ClN2O/c1-14-13-15(17)5-6-16(14)20-12-4-2-3-9-19-10-7-18-8-11-19/h5-6,13,18H,2-4,7-12H2,1H3. The summed E-state index contributed by atoms with van der Waals surface area (Å²) in [6.07, 6.45) is 3.62. The molecule has 1 aromatic rings. The van der Waals surface area contributed by atoms with E-state index in [0.29, 0.717) is 0 Å². The summed E-state index contributed by atoms with van der Waals surface area (Å²) in [6.45, 7) is 8.72. The first kappa shape index (κ1) is 15.6. The highest BCUT2D eigenvalue weighted by molar-refractivity contribution is 6.30. The molecule has 0 amide bonds. The molecular formula is C16H25ClN2O. The Hall–Kier alpha value is -0.770. The maximum Gasteiger partial charge on any atom is 0.122 e. The molecule has 1 aromatic carbocycles. The van der Waals surface area contributed by atoms with Gasteiger partial charge in [0.25, 0.3) is 0 Å². The zero-order valence-electron chi connectivity index (χ0n) is 12.3. The van der Waals surface area contributed by atoms with Crippen LogP contribution in [0.4, 0.5) is 0 Å². The first-order valence-corrected chi connectivity index (χ1v) is 7.95. The van der Waals surface area contributed by atoms with E-state index < -0.39 is 0 Å². The first-order valence-electron chi connectivity index (χ1n) is 7.58. The lowest BCUT2D eigenvalue weighted by atomic mass is 10.2. The predicted molar refractivity (Wildman–Crippen MR) is 84.8 cm³/mol. The Morgan fingerprint density at radius 2 is 2.00 bits per heavy atom. The Bertz CT molecular complexity index is 405. The number of benzene rings is 1. The lowest BCUT2D eigenvalue weighted by Crippen LogP contribution is -2.43. The summed E-state index contributed by atoms with van der Waals surface area (Å²) in [4.78, 5) is 2.54. The summed E-state index contributed by atoms with van der Waals surface area (Å²) >= 11 is 5.93. The minimum Gasteiger partial charge on any atom is -0.493 e. The molecule has 1 aliphatic heterocycles. The molecule has 1 fully saturated rings. The van der Waals surface area contributed by atoms with Crippen LogP contribution in [0, 0.1) is 6.92 Å². The number of piperazine rings is 1. The van der Waals surface area contributed by atoms with Gasteiger partial charge in [0.05, 0.1) is 6.61 Å². The van der Waals surface area contributed by atoms with E-state index in [9.17, 15) is 0 Å². The van der Waals surface area contributed by atoms with Gasteiger partial charge in [-0.3, -0.25) is 0 Å². The van der Waals surface area contributed by atoms with Crippen molar-refractivity contribution in [2.24, 2.45) is 0 Å². The van der Waals surface area contributed by atoms with E-state index in [1.807, 2.05) is 25.1 Å². The van der Waals surface area contributed by atoms with E-state index in [2.05, 4.69) is 10.2 Å².